The highest BCUT2D eigenvalue weighted by molar-refractivity contribution is 5.80. The van der Waals surface area contributed by atoms with Crippen molar-refractivity contribution in [1.82, 2.24) is 0 Å². The first-order valence-corrected chi connectivity index (χ1v) is 3.93. The van der Waals surface area contributed by atoms with Crippen LogP contribution in [0.1, 0.15) is 12.8 Å². The first kappa shape index (κ1) is 9.03. The molecule has 0 N–H and O–H groups in total. The van der Waals surface area contributed by atoms with E-state index in [1.54, 1.807) is 7.11 Å². The van der Waals surface area contributed by atoms with Crippen molar-refractivity contribution in [3.05, 3.63) is 0 Å². The molecule has 68 valence electrons. The Labute approximate surface area is 71.6 Å². The zero-order chi connectivity index (χ0) is 8.97. The van der Waals surface area contributed by atoms with E-state index in [-0.39, 0.29) is 11.9 Å². The summed E-state index contributed by atoms with van der Waals surface area (Å²) in [4.78, 5) is 15.1. The maximum atomic E-state index is 11.0. The molecule has 0 unspecified atom stereocenters. The van der Waals surface area contributed by atoms with Crippen LogP contribution in [-0.2, 0) is 14.3 Å². The SMILES string of the molecule is COC(=O)[C@H]1CCC(OC)=NC1. The van der Waals surface area contributed by atoms with E-state index in [1.165, 1.54) is 7.11 Å². The number of esters is 1. The highest BCUT2D eigenvalue weighted by atomic mass is 16.5. The lowest BCUT2D eigenvalue weighted by Crippen LogP contribution is -2.25. The van der Waals surface area contributed by atoms with Crippen molar-refractivity contribution < 1.29 is 14.3 Å². The zero-order valence-electron chi connectivity index (χ0n) is 7.37. The number of carbonyl (C=O) groups excluding carboxylic acids is 1. The number of methoxy groups -OCH3 is 2. The number of hydrogen-bond acceptors (Lipinski definition) is 4. The summed E-state index contributed by atoms with van der Waals surface area (Å²) in [6.07, 6.45) is 1.51. The Morgan fingerprint density at radius 1 is 1.58 bits per heavy atom. The average Bonchev–Trinajstić information content (AvgIpc) is 2.17. The monoisotopic (exact) mass is 171 g/mol. The molecule has 1 atom stereocenters. The predicted octanol–water partition coefficient (Wildman–Crippen LogP) is 0.614. The number of hydrogen-bond donors (Lipinski definition) is 0. The molecule has 1 aliphatic heterocycles. The fraction of sp³-hybridized carbons (Fsp3) is 0.750. The normalized spacial score (nSPS) is 22.8. The van der Waals surface area contributed by atoms with Gasteiger partial charge in [-0.25, -0.2) is 0 Å². The molecular formula is C8H13NO3. The molecule has 1 aliphatic rings. The third-order valence-electron chi connectivity index (χ3n) is 1.96. The molecule has 0 aromatic heterocycles. The van der Waals surface area contributed by atoms with E-state index in [1.807, 2.05) is 0 Å². The van der Waals surface area contributed by atoms with E-state index < -0.39 is 0 Å². The third kappa shape index (κ3) is 1.96. The molecule has 0 bridgehead atoms. The van der Waals surface area contributed by atoms with Gasteiger partial charge in [-0.2, -0.15) is 0 Å². The van der Waals surface area contributed by atoms with Crippen LogP contribution in [0.2, 0.25) is 0 Å². The van der Waals surface area contributed by atoms with Crippen molar-refractivity contribution in [1.29, 1.82) is 0 Å². The highest BCUT2D eigenvalue weighted by Gasteiger charge is 2.23. The van der Waals surface area contributed by atoms with Gasteiger partial charge in [0.15, 0.2) is 5.90 Å². The Morgan fingerprint density at radius 2 is 2.33 bits per heavy atom. The molecule has 0 aromatic carbocycles. The second-order valence-corrected chi connectivity index (χ2v) is 2.70. The van der Waals surface area contributed by atoms with Gasteiger partial charge in [0.2, 0.25) is 0 Å². The summed E-state index contributed by atoms with van der Waals surface area (Å²) < 4.78 is 9.56. The van der Waals surface area contributed by atoms with Crippen molar-refractivity contribution >= 4 is 11.9 Å². The molecule has 12 heavy (non-hydrogen) atoms. The Kier molecular flexibility index (Phi) is 3.08. The molecule has 0 saturated heterocycles. The molecule has 0 spiro atoms. The molecule has 0 radical (unpaired) electrons. The Hall–Kier alpha value is -1.06. The van der Waals surface area contributed by atoms with Crippen LogP contribution in [0.4, 0.5) is 0 Å². The minimum atomic E-state index is -0.172. The second kappa shape index (κ2) is 4.09. The van der Waals surface area contributed by atoms with Gasteiger partial charge in [0.25, 0.3) is 0 Å². The maximum absolute atomic E-state index is 11.0. The summed E-state index contributed by atoms with van der Waals surface area (Å²) >= 11 is 0. The van der Waals surface area contributed by atoms with Crippen molar-refractivity contribution in [2.75, 3.05) is 20.8 Å². The Morgan fingerprint density at radius 3 is 2.75 bits per heavy atom. The van der Waals surface area contributed by atoms with Crippen molar-refractivity contribution in [3.8, 4) is 0 Å². The van der Waals surface area contributed by atoms with Gasteiger partial charge in [0.05, 0.1) is 26.7 Å². The fourth-order valence-electron chi connectivity index (χ4n) is 1.21. The first-order valence-electron chi connectivity index (χ1n) is 3.93. The lowest BCUT2D eigenvalue weighted by atomic mass is 10.0. The number of aliphatic imine (C=N–C) groups is 1. The standard InChI is InChI=1S/C8H13NO3/c1-11-7-4-3-6(5-9-7)8(10)12-2/h6H,3-5H2,1-2H3/t6-/m0/s1. The summed E-state index contributed by atoms with van der Waals surface area (Å²) in [6.45, 7) is 0.496. The molecule has 1 rings (SSSR count). The molecule has 0 aliphatic carbocycles. The predicted molar refractivity (Wildman–Crippen MR) is 44.1 cm³/mol. The maximum Gasteiger partial charge on any atom is 0.310 e. The van der Waals surface area contributed by atoms with Gasteiger partial charge in [0.1, 0.15) is 0 Å². The van der Waals surface area contributed by atoms with E-state index >= 15 is 0 Å². The number of carbonyl (C=O) groups is 1. The lowest BCUT2D eigenvalue weighted by molar-refractivity contribution is -0.145. The van der Waals surface area contributed by atoms with Gasteiger partial charge in [-0.1, -0.05) is 0 Å². The van der Waals surface area contributed by atoms with Crippen LogP contribution in [0.5, 0.6) is 0 Å². The van der Waals surface area contributed by atoms with E-state index in [4.69, 9.17) is 4.74 Å². The molecule has 4 nitrogen and oxygen atoms in total. The van der Waals surface area contributed by atoms with Crippen molar-refractivity contribution in [3.63, 3.8) is 0 Å². The summed E-state index contributed by atoms with van der Waals surface area (Å²) in [5, 5.41) is 0. The van der Waals surface area contributed by atoms with Crippen LogP contribution in [0.3, 0.4) is 0 Å². The van der Waals surface area contributed by atoms with Crippen molar-refractivity contribution in [2.24, 2.45) is 10.9 Å². The van der Waals surface area contributed by atoms with Crippen LogP contribution in [0.15, 0.2) is 4.99 Å². The van der Waals surface area contributed by atoms with Crippen molar-refractivity contribution in [2.45, 2.75) is 12.8 Å². The zero-order valence-corrected chi connectivity index (χ0v) is 7.37. The Bertz CT molecular complexity index is 200. The fourth-order valence-corrected chi connectivity index (χ4v) is 1.21. The van der Waals surface area contributed by atoms with Crippen LogP contribution < -0.4 is 0 Å². The summed E-state index contributed by atoms with van der Waals surface area (Å²) in [7, 11) is 3.00. The molecule has 0 aromatic rings. The minimum Gasteiger partial charge on any atom is -0.484 e. The molecular weight excluding hydrogens is 158 g/mol. The topological polar surface area (TPSA) is 47.9 Å². The number of nitrogens with zero attached hydrogens (tertiary/aromatic N) is 1. The Balaban J connectivity index is 2.46. The van der Waals surface area contributed by atoms with Crippen LogP contribution >= 0.6 is 0 Å². The molecule has 4 heteroatoms. The second-order valence-electron chi connectivity index (χ2n) is 2.70. The molecule has 0 saturated carbocycles. The van der Waals surface area contributed by atoms with Crippen LogP contribution in [0.25, 0.3) is 0 Å². The van der Waals surface area contributed by atoms with Gasteiger partial charge in [-0.3, -0.25) is 9.79 Å². The smallest absolute Gasteiger partial charge is 0.310 e. The van der Waals surface area contributed by atoms with Gasteiger partial charge < -0.3 is 9.47 Å². The molecule has 0 fully saturated rings. The van der Waals surface area contributed by atoms with Gasteiger partial charge in [-0.15, -0.1) is 0 Å². The van der Waals surface area contributed by atoms with Gasteiger partial charge in [-0.05, 0) is 6.42 Å². The first-order chi connectivity index (χ1) is 5.77. The van der Waals surface area contributed by atoms with E-state index in [9.17, 15) is 4.79 Å². The number of ether oxygens (including phenoxy) is 2. The van der Waals surface area contributed by atoms with Gasteiger partial charge in [0, 0.05) is 6.42 Å². The third-order valence-corrected chi connectivity index (χ3v) is 1.96. The molecule has 1 heterocycles. The van der Waals surface area contributed by atoms with E-state index in [2.05, 4.69) is 9.73 Å². The summed E-state index contributed by atoms with van der Waals surface area (Å²) in [5.74, 6) is 0.484. The average molecular weight is 171 g/mol. The highest BCUT2D eigenvalue weighted by Crippen LogP contribution is 2.15. The largest absolute Gasteiger partial charge is 0.484 e. The van der Waals surface area contributed by atoms with Gasteiger partial charge >= 0.3 is 5.97 Å². The lowest BCUT2D eigenvalue weighted by Gasteiger charge is -2.17. The number of rotatable bonds is 1. The minimum absolute atomic E-state index is 0.0751. The summed E-state index contributed by atoms with van der Waals surface area (Å²) in [6, 6.07) is 0. The summed E-state index contributed by atoms with van der Waals surface area (Å²) in [5.41, 5.74) is 0. The van der Waals surface area contributed by atoms with E-state index in [0.717, 1.165) is 18.7 Å². The van der Waals surface area contributed by atoms with Crippen LogP contribution in [0, 0.1) is 5.92 Å². The van der Waals surface area contributed by atoms with E-state index in [0.29, 0.717) is 6.54 Å². The quantitative estimate of drug-likeness (QED) is 0.543. The van der Waals surface area contributed by atoms with Crippen LogP contribution in [-0.4, -0.2) is 32.6 Å². The molecule has 0 amide bonds.